The van der Waals surface area contributed by atoms with Crippen molar-refractivity contribution in [3.63, 3.8) is 0 Å². The van der Waals surface area contributed by atoms with E-state index in [0.717, 1.165) is 25.7 Å². The van der Waals surface area contributed by atoms with Gasteiger partial charge in [0.25, 0.3) is 11.8 Å². The lowest BCUT2D eigenvalue weighted by Gasteiger charge is -2.17. The summed E-state index contributed by atoms with van der Waals surface area (Å²) >= 11 is 0. The maximum atomic E-state index is 11.4. The van der Waals surface area contributed by atoms with Gasteiger partial charge in [0.2, 0.25) is 0 Å². The Hall–Kier alpha value is -1.14. The van der Waals surface area contributed by atoms with Crippen molar-refractivity contribution >= 4 is 11.8 Å². The van der Waals surface area contributed by atoms with Crippen molar-refractivity contribution in [3.8, 4) is 0 Å². The number of rotatable bonds is 9. The van der Waals surface area contributed by atoms with Crippen LogP contribution in [0.2, 0.25) is 0 Å². The second-order valence-corrected chi connectivity index (χ2v) is 4.18. The van der Waals surface area contributed by atoms with E-state index < -0.39 is 24.0 Å². The van der Waals surface area contributed by atoms with Gasteiger partial charge in [-0.2, -0.15) is 0 Å². The summed E-state index contributed by atoms with van der Waals surface area (Å²) in [5, 5.41) is 23.9. The quantitative estimate of drug-likeness (QED) is 0.422. The number of carbonyl (C=O) groups excluding carboxylic acids is 2. The zero-order valence-corrected chi connectivity index (χ0v) is 11.1. The van der Waals surface area contributed by atoms with Crippen molar-refractivity contribution in [2.45, 2.75) is 51.7 Å². The summed E-state index contributed by atoms with van der Waals surface area (Å²) in [5.74, 6) is -1.44. The number of aliphatic hydroxyl groups excluding tert-OH is 2. The predicted molar refractivity (Wildman–Crippen MR) is 67.8 cm³/mol. The molecule has 0 radical (unpaired) electrons. The van der Waals surface area contributed by atoms with Gasteiger partial charge in [-0.15, -0.1) is 0 Å². The molecule has 0 rings (SSSR count). The number of unbranched alkanes of at least 4 members (excludes halogenated alkanes) is 2. The van der Waals surface area contributed by atoms with Crippen LogP contribution in [0.25, 0.3) is 0 Å². The van der Waals surface area contributed by atoms with Gasteiger partial charge in [0, 0.05) is 13.1 Å². The van der Waals surface area contributed by atoms with E-state index in [4.69, 9.17) is 0 Å². The van der Waals surface area contributed by atoms with Crippen LogP contribution in [0.5, 0.6) is 0 Å². The van der Waals surface area contributed by atoms with E-state index in [-0.39, 0.29) is 0 Å². The highest BCUT2D eigenvalue weighted by molar-refractivity contribution is 5.90. The van der Waals surface area contributed by atoms with Crippen LogP contribution in [0, 0.1) is 0 Å². The molecular weight excluding hydrogens is 236 g/mol. The molecule has 0 unspecified atom stereocenters. The third-order valence-electron chi connectivity index (χ3n) is 2.50. The molecule has 6 nitrogen and oxygen atoms in total. The number of carbonyl (C=O) groups is 2. The summed E-state index contributed by atoms with van der Waals surface area (Å²) < 4.78 is 0. The summed E-state index contributed by atoms with van der Waals surface area (Å²) in [6, 6.07) is 0. The third kappa shape index (κ3) is 6.56. The van der Waals surface area contributed by atoms with E-state index in [2.05, 4.69) is 10.6 Å². The zero-order chi connectivity index (χ0) is 14.0. The number of hydrogen-bond donors (Lipinski definition) is 4. The van der Waals surface area contributed by atoms with Crippen molar-refractivity contribution in [1.29, 1.82) is 0 Å². The normalized spacial score (nSPS) is 13.8. The first-order valence-electron chi connectivity index (χ1n) is 6.46. The maximum Gasteiger partial charge on any atom is 0.252 e. The second kappa shape index (κ2) is 9.85. The van der Waals surface area contributed by atoms with Gasteiger partial charge in [-0.05, 0) is 12.8 Å². The van der Waals surface area contributed by atoms with Gasteiger partial charge in [0.15, 0.2) is 12.2 Å². The Kier molecular flexibility index (Phi) is 9.22. The van der Waals surface area contributed by atoms with E-state index in [9.17, 15) is 19.8 Å². The van der Waals surface area contributed by atoms with Gasteiger partial charge in [0.1, 0.15) is 0 Å². The van der Waals surface area contributed by atoms with E-state index in [1.165, 1.54) is 0 Å². The van der Waals surface area contributed by atoms with Crippen molar-refractivity contribution in [2.24, 2.45) is 0 Å². The molecule has 0 aliphatic heterocycles. The minimum Gasteiger partial charge on any atom is -0.380 e. The van der Waals surface area contributed by atoms with Crippen LogP contribution in [0.1, 0.15) is 39.5 Å². The highest BCUT2D eigenvalue weighted by Gasteiger charge is 2.29. The fourth-order valence-electron chi connectivity index (χ4n) is 1.27. The summed E-state index contributed by atoms with van der Waals surface area (Å²) in [7, 11) is 0. The lowest BCUT2D eigenvalue weighted by atomic mass is 10.1. The van der Waals surface area contributed by atoms with Crippen LogP contribution in [0.3, 0.4) is 0 Å². The largest absolute Gasteiger partial charge is 0.380 e. The molecule has 0 aromatic carbocycles. The van der Waals surface area contributed by atoms with Crippen LogP contribution in [0.4, 0.5) is 0 Å². The summed E-state index contributed by atoms with van der Waals surface area (Å²) in [6.07, 6.45) is -0.0339. The molecular formula is C12H24N2O4. The first kappa shape index (κ1) is 16.9. The van der Waals surface area contributed by atoms with Gasteiger partial charge in [-0.1, -0.05) is 26.7 Å². The molecule has 0 aromatic heterocycles. The Morgan fingerprint density at radius 3 is 1.50 bits per heavy atom. The standard InChI is InChI=1S/C12H24N2O4/c1-3-5-7-13-11(17)9(15)10(16)12(18)14-8-6-4-2/h9-10,15-16H,3-8H2,1-2H3,(H,13,17)(H,14,18)/t9-,10-/m0/s1. The number of aliphatic hydroxyl groups is 2. The first-order valence-corrected chi connectivity index (χ1v) is 6.46. The molecule has 0 aromatic rings. The minimum absolute atomic E-state index is 0.427. The van der Waals surface area contributed by atoms with Crippen molar-refractivity contribution < 1.29 is 19.8 Å². The highest BCUT2D eigenvalue weighted by atomic mass is 16.3. The molecule has 18 heavy (non-hydrogen) atoms. The molecule has 0 bridgehead atoms. The summed E-state index contributed by atoms with van der Waals surface area (Å²) in [5.41, 5.74) is 0. The molecule has 2 amide bonds. The summed E-state index contributed by atoms with van der Waals surface area (Å²) in [4.78, 5) is 22.8. The molecule has 0 aliphatic carbocycles. The van der Waals surface area contributed by atoms with E-state index in [1.807, 2.05) is 13.8 Å². The Morgan fingerprint density at radius 1 is 0.889 bits per heavy atom. The monoisotopic (exact) mass is 260 g/mol. The molecule has 0 aliphatic rings. The van der Waals surface area contributed by atoms with Crippen molar-refractivity contribution in [3.05, 3.63) is 0 Å². The van der Waals surface area contributed by atoms with E-state index in [0.29, 0.717) is 13.1 Å². The number of hydrogen-bond acceptors (Lipinski definition) is 4. The molecule has 0 spiro atoms. The molecule has 106 valence electrons. The van der Waals surface area contributed by atoms with Gasteiger partial charge in [0.05, 0.1) is 0 Å². The molecule has 6 heteroatoms. The Morgan fingerprint density at radius 2 is 1.22 bits per heavy atom. The highest BCUT2D eigenvalue weighted by Crippen LogP contribution is 1.96. The maximum absolute atomic E-state index is 11.4. The SMILES string of the molecule is CCCCNC(=O)[C@@H](O)[C@H](O)C(=O)NCCCC. The predicted octanol–water partition coefficient (Wildman–Crippen LogP) is -0.459. The van der Waals surface area contributed by atoms with Gasteiger partial charge in [-0.3, -0.25) is 9.59 Å². The van der Waals surface area contributed by atoms with Gasteiger partial charge in [-0.25, -0.2) is 0 Å². The number of nitrogens with one attached hydrogen (secondary N) is 2. The van der Waals surface area contributed by atoms with Crippen LogP contribution < -0.4 is 10.6 Å². The third-order valence-corrected chi connectivity index (χ3v) is 2.50. The van der Waals surface area contributed by atoms with E-state index in [1.54, 1.807) is 0 Å². The van der Waals surface area contributed by atoms with Gasteiger partial charge < -0.3 is 20.8 Å². The van der Waals surface area contributed by atoms with Crippen LogP contribution in [0.15, 0.2) is 0 Å². The smallest absolute Gasteiger partial charge is 0.252 e. The van der Waals surface area contributed by atoms with Crippen LogP contribution in [-0.4, -0.2) is 47.3 Å². The van der Waals surface area contributed by atoms with Crippen molar-refractivity contribution in [1.82, 2.24) is 10.6 Å². The lowest BCUT2D eigenvalue weighted by Crippen LogP contribution is -2.49. The van der Waals surface area contributed by atoms with Crippen molar-refractivity contribution in [2.75, 3.05) is 13.1 Å². The number of amides is 2. The van der Waals surface area contributed by atoms with E-state index >= 15 is 0 Å². The van der Waals surface area contributed by atoms with Crippen LogP contribution in [-0.2, 0) is 9.59 Å². The fourth-order valence-corrected chi connectivity index (χ4v) is 1.27. The lowest BCUT2D eigenvalue weighted by molar-refractivity contribution is -0.146. The van der Waals surface area contributed by atoms with Gasteiger partial charge >= 0.3 is 0 Å². The minimum atomic E-state index is -1.72. The van der Waals surface area contributed by atoms with Crippen LogP contribution >= 0.6 is 0 Å². The Balaban J connectivity index is 4.02. The fraction of sp³-hybridized carbons (Fsp3) is 0.833. The Labute approximate surface area is 108 Å². The molecule has 2 atom stereocenters. The molecule has 0 saturated heterocycles. The average Bonchev–Trinajstić information content (AvgIpc) is 2.37. The molecule has 0 fully saturated rings. The molecule has 0 saturated carbocycles. The molecule has 4 N–H and O–H groups in total. The second-order valence-electron chi connectivity index (χ2n) is 4.18. The average molecular weight is 260 g/mol. The Bertz CT molecular complexity index is 232. The molecule has 0 heterocycles. The topological polar surface area (TPSA) is 98.7 Å². The summed E-state index contributed by atoms with van der Waals surface area (Å²) in [6.45, 7) is 4.80. The zero-order valence-electron chi connectivity index (χ0n) is 11.1. The first-order chi connectivity index (χ1) is 8.54.